The highest BCUT2D eigenvalue weighted by Gasteiger charge is 2.16. The molecule has 0 saturated carbocycles. The number of carbonyl (C=O) groups excluding carboxylic acids is 1. The lowest BCUT2D eigenvalue weighted by molar-refractivity contribution is -0.385. The van der Waals surface area contributed by atoms with Crippen molar-refractivity contribution in [1.29, 1.82) is 0 Å². The molecule has 1 aliphatic carbocycles. The Morgan fingerprint density at radius 2 is 2.25 bits per heavy atom. The topological polar surface area (TPSA) is 92.5 Å². The monoisotopic (exact) mass is 276 g/mol. The molecule has 6 nitrogen and oxygen atoms in total. The third-order valence-electron chi connectivity index (χ3n) is 3.30. The largest absolute Gasteiger partial charge is 0.502 e. The molecule has 0 spiro atoms. The van der Waals surface area contributed by atoms with Crippen LogP contribution in [0.2, 0.25) is 0 Å². The van der Waals surface area contributed by atoms with Gasteiger partial charge in [0.1, 0.15) is 0 Å². The number of rotatable bonds is 5. The predicted octanol–water partition coefficient (Wildman–Crippen LogP) is 2.53. The zero-order valence-corrected chi connectivity index (χ0v) is 11.0. The summed E-state index contributed by atoms with van der Waals surface area (Å²) in [5.41, 5.74) is 1.17. The van der Waals surface area contributed by atoms with Gasteiger partial charge in [-0.3, -0.25) is 14.9 Å². The molecule has 1 aliphatic rings. The summed E-state index contributed by atoms with van der Waals surface area (Å²) in [4.78, 5) is 21.7. The van der Waals surface area contributed by atoms with Gasteiger partial charge in [-0.05, 0) is 37.8 Å². The van der Waals surface area contributed by atoms with Gasteiger partial charge in [0.2, 0.25) is 0 Å². The number of amides is 1. The highest BCUT2D eigenvalue weighted by atomic mass is 16.6. The molecule has 0 radical (unpaired) electrons. The van der Waals surface area contributed by atoms with E-state index < -0.39 is 16.4 Å². The summed E-state index contributed by atoms with van der Waals surface area (Å²) in [6.07, 6.45) is 6.40. The Kier molecular flexibility index (Phi) is 4.34. The maximum absolute atomic E-state index is 11.8. The summed E-state index contributed by atoms with van der Waals surface area (Å²) < 4.78 is 0. The second kappa shape index (κ2) is 6.18. The van der Waals surface area contributed by atoms with E-state index in [2.05, 4.69) is 11.4 Å². The van der Waals surface area contributed by atoms with Crippen LogP contribution in [-0.2, 0) is 0 Å². The fourth-order valence-electron chi connectivity index (χ4n) is 2.22. The molecule has 20 heavy (non-hydrogen) atoms. The molecular formula is C14H16N2O4. The number of allylic oxidation sites excluding steroid dienone is 1. The number of nitro benzene ring substituents is 1. The lowest BCUT2D eigenvalue weighted by Gasteiger charge is -2.06. The SMILES string of the molecule is O=C(NCCC1=CCCC1)c1ccc([N+](=O)[O-])c(O)c1. The minimum absolute atomic E-state index is 0.216. The molecule has 1 aromatic rings. The van der Waals surface area contributed by atoms with E-state index in [1.165, 1.54) is 18.1 Å². The van der Waals surface area contributed by atoms with Gasteiger partial charge >= 0.3 is 5.69 Å². The third-order valence-corrected chi connectivity index (χ3v) is 3.30. The van der Waals surface area contributed by atoms with Crippen LogP contribution in [0.3, 0.4) is 0 Å². The van der Waals surface area contributed by atoms with Crippen LogP contribution in [0.5, 0.6) is 5.75 Å². The van der Waals surface area contributed by atoms with Gasteiger partial charge in [0, 0.05) is 18.2 Å². The molecule has 6 heteroatoms. The van der Waals surface area contributed by atoms with Crippen LogP contribution in [0.25, 0.3) is 0 Å². The first-order valence-corrected chi connectivity index (χ1v) is 6.51. The van der Waals surface area contributed by atoms with E-state index in [0.29, 0.717) is 6.54 Å². The molecule has 0 fully saturated rings. The van der Waals surface area contributed by atoms with Crippen LogP contribution < -0.4 is 5.32 Å². The van der Waals surface area contributed by atoms with Crippen molar-refractivity contribution >= 4 is 11.6 Å². The first-order chi connectivity index (χ1) is 9.58. The third kappa shape index (κ3) is 3.34. The maximum atomic E-state index is 11.8. The number of hydrogen-bond acceptors (Lipinski definition) is 4. The van der Waals surface area contributed by atoms with Crippen LogP contribution in [0, 0.1) is 10.1 Å². The fraction of sp³-hybridized carbons (Fsp3) is 0.357. The molecule has 2 rings (SSSR count). The standard InChI is InChI=1S/C14H16N2O4/c17-13-9-11(5-6-12(13)16(19)20)14(18)15-8-7-10-3-1-2-4-10/h3,5-6,9,17H,1-2,4,7-8H2,(H,15,18). The number of benzene rings is 1. The van der Waals surface area contributed by atoms with E-state index in [-0.39, 0.29) is 11.5 Å². The molecule has 1 aromatic carbocycles. The molecule has 0 saturated heterocycles. The summed E-state index contributed by atoms with van der Waals surface area (Å²) in [7, 11) is 0. The second-order valence-electron chi connectivity index (χ2n) is 4.72. The van der Waals surface area contributed by atoms with Gasteiger partial charge in [0.25, 0.3) is 5.91 Å². The normalized spacial score (nSPS) is 13.9. The summed E-state index contributed by atoms with van der Waals surface area (Å²) in [6.45, 7) is 0.530. The number of nitro groups is 1. The van der Waals surface area contributed by atoms with E-state index in [9.17, 15) is 20.0 Å². The number of aromatic hydroxyl groups is 1. The Morgan fingerprint density at radius 3 is 2.85 bits per heavy atom. The highest BCUT2D eigenvalue weighted by molar-refractivity contribution is 5.95. The number of phenols is 1. The van der Waals surface area contributed by atoms with Crippen LogP contribution >= 0.6 is 0 Å². The summed E-state index contributed by atoms with van der Waals surface area (Å²) in [5, 5.41) is 22.8. The second-order valence-corrected chi connectivity index (χ2v) is 4.72. The van der Waals surface area contributed by atoms with Crippen molar-refractivity contribution in [3.05, 3.63) is 45.5 Å². The number of carbonyl (C=O) groups is 1. The van der Waals surface area contributed by atoms with Gasteiger partial charge < -0.3 is 10.4 Å². The molecule has 0 bridgehead atoms. The van der Waals surface area contributed by atoms with Gasteiger partial charge in [-0.15, -0.1) is 0 Å². The highest BCUT2D eigenvalue weighted by Crippen LogP contribution is 2.26. The first kappa shape index (κ1) is 14.0. The molecule has 0 aromatic heterocycles. The van der Waals surface area contributed by atoms with Gasteiger partial charge in [-0.25, -0.2) is 0 Å². The van der Waals surface area contributed by atoms with Gasteiger partial charge in [-0.2, -0.15) is 0 Å². The Hall–Kier alpha value is -2.37. The average Bonchev–Trinajstić information content (AvgIpc) is 2.91. The molecule has 1 amide bonds. The van der Waals surface area contributed by atoms with E-state index >= 15 is 0 Å². The molecule has 0 atom stereocenters. The van der Waals surface area contributed by atoms with E-state index in [1.54, 1.807) is 0 Å². The Bertz CT molecular complexity index is 566. The van der Waals surface area contributed by atoms with E-state index in [4.69, 9.17) is 0 Å². The van der Waals surface area contributed by atoms with Gasteiger partial charge in [0.15, 0.2) is 5.75 Å². The zero-order chi connectivity index (χ0) is 14.5. The molecule has 0 unspecified atom stereocenters. The summed E-state index contributed by atoms with van der Waals surface area (Å²) in [5.74, 6) is -0.838. The van der Waals surface area contributed by atoms with Crippen molar-refractivity contribution in [2.75, 3.05) is 6.54 Å². The van der Waals surface area contributed by atoms with Crippen molar-refractivity contribution < 1.29 is 14.8 Å². The maximum Gasteiger partial charge on any atom is 0.310 e. The fourth-order valence-corrected chi connectivity index (χ4v) is 2.22. The number of nitrogens with one attached hydrogen (secondary N) is 1. The smallest absolute Gasteiger partial charge is 0.310 e. The molecular weight excluding hydrogens is 260 g/mol. The average molecular weight is 276 g/mol. The Labute approximate surface area is 116 Å². The Morgan fingerprint density at radius 1 is 1.45 bits per heavy atom. The number of hydrogen-bond donors (Lipinski definition) is 2. The summed E-state index contributed by atoms with van der Waals surface area (Å²) >= 11 is 0. The Balaban J connectivity index is 1.92. The van der Waals surface area contributed by atoms with Crippen molar-refractivity contribution in [2.45, 2.75) is 25.7 Å². The lowest BCUT2D eigenvalue weighted by atomic mass is 10.1. The molecule has 0 aliphatic heterocycles. The van der Waals surface area contributed by atoms with Crippen LogP contribution in [0.15, 0.2) is 29.8 Å². The minimum atomic E-state index is -0.691. The quantitative estimate of drug-likeness (QED) is 0.491. The lowest BCUT2D eigenvalue weighted by Crippen LogP contribution is -2.24. The molecule has 2 N–H and O–H groups in total. The van der Waals surface area contributed by atoms with Gasteiger partial charge in [-0.1, -0.05) is 11.6 Å². The van der Waals surface area contributed by atoms with E-state index in [0.717, 1.165) is 31.4 Å². The van der Waals surface area contributed by atoms with Crippen LogP contribution in [0.1, 0.15) is 36.0 Å². The zero-order valence-electron chi connectivity index (χ0n) is 11.0. The predicted molar refractivity (Wildman–Crippen MR) is 73.6 cm³/mol. The molecule has 106 valence electrons. The minimum Gasteiger partial charge on any atom is -0.502 e. The van der Waals surface area contributed by atoms with Crippen LogP contribution in [-0.4, -0.2) is 22.5 Å². The summed E-state index contributed by atoms with van der Waals surface area (Å²) in [6, 6.07) is 3.58. The van der Waals surface area contributed by atoms with Crippen molar-refractivity contribution in [3.63, 3.8) is 0 Å². The van der Waals surface area contributed by atoms with Crippen molar-refractivity contribution in [3.8, 4) is 5.75 Å². The number of phenolic OH excluding ortho intramolecular Hbond substituents is 1. The van der Waals surface area contributed by atoms with Crippen molar-refractivity contribution in [2.24, 2.45) is 0 Å². The van der Waals surface area contributed by atoms with Gasteiger partial charge in [0.05, 0.1) is 4.92 Å². The first-order valence-electron chi connectivity index (χ1n) is 6.51. The molecule has 0 heterocycles. The van der Waals surface area contributed by atoms with Crippen LogP contribution in [0.4, 0.5) is 5.69 Å². The van der Waals surface area contributed by atoms with E-state index in [1.807, 2.05) is 0 Å². The van der Waals surface area contributed by atoms with Crippen molar-refractivity contribution in [1.82, 2.24) is 5.32 Å². The number of nitrogens with zero attached hydrogens (tertiary/aromatic N) is 1.